The van der Waals surface area contributed by atoms with Crippen molar-refractivity contribution in [2.24, 2.45) is 0 Å². The van der Waals surface area contributed by atoms with Crippen LogP contribution in [0.1, 0.15) is 19.1 Å². The number of hydrogen-bond donors (Lipinski definition) is 1. The van der Waals surface area contributed by atoms with Crippen LogP contribution in [0.2, 0.25) is 0 Å². The van der Waals surface area contributed by atoms with Gasteiger partial charge in [0.1, 0.15) is 12.6 Å². The van der Waals surface area contributed by atoms with Crippen LogP contribution < -0.4 is 4.74 Å². The Hall–Kier alpha value is -1.73. The van der Waals surface area contributed by atoms with E-state index < -0.39 is 0 Å². The second kappa shape index (κ2) is 4.51. The van der Waals surface area contributed by atoms with E-state index in [9.17, 15) is 0 Å². The molecule has 1 aliphatic heterocycles. The highest BCUT2D eigenvalue weighted by Gasteiger charge is 2.27. The summed E-state index contributed by atoms with van der Waals surface area (Å²) in [5, 5.41) is 9.08. The van der Waals surface area contributed by atoms with Gasteiger partial charge in [0.25, 0.3) is 0 Å². The van der Waals surface area contributed by atoms with Crippen LogP contribution in [0, 0.1) is 0 Å². The van der Waals surface area contributed by atoms with Crippen molar-refractivity contribution in [3.63, 3.8) is 0 Å². The zero-order valence-electron chi connectivity index (χ0n) is 9.98. The van der Waals surface area contributed by atoms with E-state index in [0.717, 1.165) is 12.8 Å². The van der Waals surface area contributed by atoms with E-state index in [2.05, 4.69) is 15.0 Å². The van der Waals surface area contributed by atoms with Crippen molar-refractivity contribution in [3.05, 3.63) is 12.7 Å². The minimum Gasteiger partial charge on any atom is -0.479 e. The standard InChI is InChI=1S/C11H14N4O3/c1-17-11-9-10(12-5-13-11)15(6-14-9)8-3-2-7(4-16)18-8/h5-8,16H,2-4H2,1H3/t7-,8+/m0/s1. The molecule has 2 aromatic rings. The van der Waals surface area contributed by atoms with Gasteiger partial charge in [0, 0.05) is 0 Å². The molecule has 1 N–H and O–H groups in total. The van der Waals surface area contributed by atoms with Crippen molar-refractivity contribution in [1.29, 1.82) is 0 Å². The zero-order valence-corrected chi connectivity index (χ0v) is 9.98. The molecule has 0 spiro atoms. The molecule has 7 nitrogen and oxygen atoms in total. The van der Waals surface area contributed by atoms with E-state index in [1.807, 2.05) is 4.57 Å². The number of fused-ring (bicyclic) bond motifs is 1. The van der Waals surface area contributed by atoms with Crippen molar-refractivity contribution < 1.29 is 14.6 Å². The number of aliphatic hydroxyl groups is 1. The molecular formula is C11H14N4O3. The molecule has 0 unspecified atom stereocenters. The number of hydrogen-bond acceptors (Lipinski definition) is 6. The van der Waals surface area contributed by atoms with Gasteiger partial charge in [0.05, 0.1) is 26.1 Å². The van der Waals surface area contributed by atoms with Crippen LogP contribution in [0.4, 0.5) is 0 Å². The Morgan fingerprint density at radius 1 is 1.44 bits per heavy atom. The number of imidazole rings is 1. The molecule has 3 heterocycles. The number of aromatic nitrogens is 4. The molecule has 7 heteroatoms. The van der Waals surface area contributed by atoms with Crippen LogP contribution in [0.25, 0.3) is 11.2 Å². The average molecular weight is 250 g/mol. The fourth-order valence-electron chi connectivity index (χ4n) is 2.22. The number of ether oxygens (including phenoxy) is 2. The topological polar surface area (TPSA) is 82.3 Å². The molecule has 1 fully saturated rings. The fourth-order valence-corrected chi connectivity index (χ4v) is 2.22. The average Bonchev–Trinajstić information content (AvgIpc) is 3.03. The summed E-state index contributed by atoms with van der Waals surface area (Å²) in [4.78, 5) is 12.5. The first-order valence-corrected chi connectivity index (χ1v) is 5.81. The highest BCUT2D eigenvalue weighted by molar-refractivity contribution is 5.75. The first kappa shape index (κ1) is 11.4. The van der Waals surface area contributed by atoms with Gasteiger partial charge in [0.15, 0.2) is 11.2 Å². The lowest BCUT2D eigenvalue weighted by atomic mass is 10.2. The van der Waals surface area contributed by atoms with E-state index >= 15 is 0 Å². The summed E-state index contributed by atoms with van der Waals surface area (Å²) >= 11 is 0. The molecule has 0 amide bonds. The minimum absolute atomic E-state index is 0.0431. The van der Waals surface area contributed by atoms with Gasteiger partial charge in [-0.05, 0) is 12.8 Å². The number of nitrogens with zero attached hydrogens (tertiary/aromatic N) is 4. The smallest absolute Gasteiger partial charge is 0.245 e. The number of methoxy groups -OCH3 is 1. The number of rotatable bonds is 3. The van der Waals surface area contributed by atoms with Gasteiger partial charge < -0.3 is 14.6 Å². The van der Waals surface area contributed by atoms with Crippen LogP contribution in [0.5, 0.6) is 5.88 Å². The molecule has 1 saturated heterocycles. The molecule has 18 heavy (non-hydrogen) atoms. The van der Waals surface area contributed by atoms with Gasteiger partial charge >= 0.3 is 0 Å². The van der Waals surface area contributed by atoms with Gasteiger partial charge in [-0.1, -0.05) is 0 Å². The van der Waals surface area contributed by atoms with Crippen LogP contribution in [0.3, 0.4) is 0 Å². The Morgan fingerprint density at radius 3 is 3.06 bits per heavy atom. The lowest BCUT2D eigenvalue weighted by Gasteiger charge is -2.13. The van der Waals surface area contributed by atoms with Crippen molar-refractivity contribution in [2.75, 3.05) is 13.7 Å². The van der Waals surface area contributed by atoms with Gasteiger partial charge in [-0.2, -0.15) is 4.98 Å². The van der Waals surface area contributed by atoms with Crippen LogP contribution in [0.15, 0.2) is 12.7 Å². The van der Waals surface area contributed by atoms with Gasteiger partial charge in [-0.15, -0.1) is 0 Å². The largest absolute Gasteiger partial charge is 0.479 e. The molecule has 1 aliphatic rings. The molecule has 2 aromatic heterocycles. The molecule has 96 valence electrons. The monoisotopic (exact) mass is 250 g/mol. The fraction of sp³-hybridized carbons (Fsp3) is 0.545. The van der Waals surface area contributed by atoms with E-state index in [0.29, 0.717) is 17.0 Å². The van der Waals surface area contributed by atoms with E-state index in [-0.39, 0.29) is 18.9 Å². The maximum Gasteiger partial charge on any atom is 0.245 e. The highest BCUT2D eigenvalue weighted by Crippen LogP contribution is 2.31. The Bertz CT molecular complexity index is 556. The molecule has 0 aromatic carbocycles. The van der Waals surface area contributed by atoms with Crippen molar-refractivity contribution in [3.8, 4) is 5.88 Å². The molecule has 3 rings (SSSR count). The minimum atomic E-state index is -0.133. The lowest BCUT2D eigenvalue weighted by Crippen LogP contribution is -2.14. The molecule has 0 radical (unpaired) electrons. The quantitative estimate of drug-likeness (QED) is 0.854. The summed E-state index contributed by atoms with van der Waals surface area (Å²) in [5.41, 5.74) is 1.31. The number of aliphatic hydroxyl groups excluding tert-OH is 1. The third kappa shape index (κ3) is 1.72. The lowest BCUT2D eigenvalue weighted by molar-refractivity contribution is -0.0207. The summed E-state index contributed by atoms with van der Waals surface area (Å²) in [6, 6.07) is 0. The van der Waals surface area contributed by atoms with Crippen LogP contribution in [-0.4, -0.2) is 44.4 Å². The van der Waals surface area contributed by atoms with Crippen LogP contribution in [-0.2, 0) is 4.74 Å². The molecule has 0 bridgehead atoms. The van der Waals surface area contributed by atoms with Gasteiger partial charge in [-0.25, -0.2) is 9.97 Å². The second-order valence-corrected chi connectivity index (χ2v) is 4.18. The third-order valence-corrected chi connectivity index (χ3v) is 3.12. The molecule has 0 aliphatic carbocycles. The van der Waals surface area contributed by atoms with Gasteiger partial charge in [-0.3, -0.25) is 4.57 Å². The van der Waals surface area contributed by atoms with E-state index in [1.54, 1.807) is 13.4 Å². The first-order valence-electron chi connectivity index (χ1n) is 5.81. The van der Waals surface area contributed by atoms with Gasteiger partial charge in [0.2, 0.25) is 5.88 Å². The Labute approximate surface area is 103 Å². The molecule has 0 saturated carbocycles. The molecule has 2 atom stereocenters. The van der Waals surface area contributed by atoms with Crippen molar-refractivity contribution in [2.45, 2.75) is 25.2 Å². The van der Waals surface area contributed by atoms with Crippen molar-refractivity contribution >= 4 is 11.2 Å². The third-order valence-electron chi connectivity index (χ3n) is 3.12. The predicted molar refractivity (Wildman–Crippen MR) is 62.1 cm³/mol. The summed E-state index contributed by atoms with van der Waals surface area (Å²) < 4.78 is 12.7. The SMILES string of the molecule is COc1ncnc2c1ncn2[C@H]1CC[C@@H](CO)O1. The normalized spacial score (nSPS) is 23.7. The first-order chi connectivity index (χ1) is 8.83. The maximum atomic E-state index is 9.08. The Kier molecular flexibility index (Phi) is 2.85. The zero-order chi connectivity index (χ0) is 12.5. The maximum absolute atomic E-state index is 9.08. The summed E-state index contributed by atoms with van der Waals surface area (Å²) in [7, 11) is 1.55. The Morgan fingerprint density at radius 2 is 2.33 bits per heavy atom. The van der Waals surface area contributed by atoms with E-state index in [4.69, 9.17) is 14.6 Å². The molecular weight excluding hydrogens is 236 g/mol. The Balaban J connectivity index is 1.98. The van der Waals surface area contributed by atoms with Crippen molar-refractivity contribution in [1.82, 2.24) is 19.5 Å². The summed E-state index contributed by atoms with van der Waals surface area (Å²) in [6.07, 6.45) is 4.55. The highest BCUT2D eigenvalue weighted by atomic mass is 16.5. The van der Waals surface area contributed by atoms with E-state index in [1.165, 1.54) is 6.33 Å². The predicted octanol–water partition coefficient (Wildman–Crippen LogP) is 0.505. The second-order valence-electron chi connectivity index (χ2n) is 4.18. The van der Waals surface area contributed by atoms with Crippen LogP contribution >= 0.6 is 0 Å². The summed E-state index contributed by atoms with van der Waals surface area (Å²) in [5.74, 6) is 0.454. The summed E-state index contributed by atoms with van der Waals surface area (Å²) in [6.45, 7) is 0.0431.